The number of aliphatic imine (C=N–C) groups is 1. The van der Waals surface area contributed by atoms with Crippen LogP contribution in [0.25, 0.3) is 0 Å². The first-order valence-corrected chi connectivity index (χ1v) is 10.4. The third-order valence-electron chi connectivity index (χ3n) is 4.34. The Labute approximate surface area is 153 Å². The van der Waals surface area contributed by atoms with E-state index >= 15 is 0 Å². The molecule has 0 fully saturated rings. The standard InChI is InChI=1S/C17H23N5O3S/c1-4-7-13-15-16(22(2)20-13)17(23)19-14(18-15)10-11-8-5-6-9-12(11)21-26(3,24)25/h5-6,8-9,15-16,21H,4,7,10H2,1-3H3,(H,18,19,23). The van der Waals surface area contributed by atoms with Crippen molar-refractivity contribution < 1.29 is 13.2 Å². The van der Waals surface area contributed by atoms with Gasteiger partial charge in [0.05, 0.1) is 17.7 Å². The van der Waals surface area contributed by atoms with Gasteiger partial charge in [-0.2, -0.15) is 5.10 Å². The number of hydrogen-bond donors (Lipinski definition) is 2. The molecule has 2 N–H and O–H groups in total. The number of likely N-dealkylation sites (N-methyl/N-ethyl adjacent to an activating group) is 1. The minimum absolute atomic E-state index is 0.133. The highest BCUT2D eigenvalue weighted by molar-refractivity contribution is 7.92. The Hall–Kier alpha value is -2.42. The van der Waals surface area contributed by atoms with Crippen LogP contribution >= 0.6 is 0 Å². The van der Waals surface area contributed by atoms with Crippen LogP contribution in [0.1, 0.15) is 25.3 Å². The molecule has 1 aromatic carbocycles. The molecular weight excluding hydrogens is 354 g/mol. The zero-order valence-corrected chi connectivity index (χ0v) is 15.9. The number of amides is 1. The number of carbonyl (C=O) groups is 1. The molecule has 2 aliphatic heterocycles. The molecule has 0 bridgehead atoms. The molecule has 2 aliphatic rings. The summed E-state index contributed by atoms with van der Waals surface area (Å²) >= 11 is 0. The highest BCUT2D eigenvalue weighted by Gasteiger charge is 2.43. The van der Waals surface area contributed by atoms with Gasteiger partial charge in [-0.25, -0.2) is 8.42 Å². The first kappa shape index (κ1) is 18.4. The summed E-state index contributed by atoms with van der Waals surface area (Å²) in [4.78, 5) is 17.2. The number of hydrazone groups is 1. The van der Waals surface area contributed by atoms with Crippen molar-refractivity contribution in [3.8, 4) is 0 Å². The quantitative estimate of drug-likeness (QED) is 0.771. The van der Waals surface area contributed by atoms with E-state index in [4.69, 9.17) is 4.99 Å². The van der Waals surface area contributed by atoms with Crippen LogP contribution in [0.3, 0.4) is 0 Å². The fourth-order valence-corrected chi connectivity index (χ4v) is 3.88. The van der Waals surface area contributed by atoms with Crippen LogP contribution in [0.5, 0.6) is 0 Å². The fraction of sp³-hybridized carbons (Fsp3) is 0.471. The monoisotopic (exact) mass is 377 g/mol. The topological polar surface area (TPSA) is 103 Å². The van der Waals surface area contributed by atoms with E-state index in [1.165, 1.54) is 0 Å². The highest BCUT2D eigenvalue weighted by atomic mass is 32.2. The van der Waals surface area contributed by atoms with Gasteiger partial charge in [0.15, 0.2) is 6.04 Å². The van der Waals surface area contributed by atoms with Crippen LogP contribution in [0.15, 0.2) is 34.4 Å². The normalized spacial score (nSPS) is 22.4. The lowest BCUT2D eigenvalue weighted by molar-refractivity contribution is -0.124. The van der Waals surface area contributed by atoms with E-state index in [1.54, 1.807) is 24.2 Å². The van der Waals surface area contributed by atoms with Gasteiger partial charge in [-0.1, -0.05) is 31.5 Å². The second-order valence-electron chi connectivity index (χ2n) is 6.58. The summed E-state index contributed by atoms with van der Waals surface area (Å²) in [6.07, 6.45) is 3.16. The molecule has 0 spiro atoms. The summed E-state index contributed by atoms with van der Waals surface area (Å²) in [6, 6.07) is 6.40. The zero-order chi connectivity index (χ0) is 18.9. The van der Waals surface area contributed by atoms with Crippen molar-refractivity contribution in [2.45, 2.75) is 38.3 Å². The Morgan fingerprint density at radius 3 is 2.73 bits per heavy atom. The number of rotatable bonds is 6. The zero-order valence-electron chi connectivity index (χ0n) is 15.1. The summed E-state index contributed by atoms with van der Waals surface area (Å²) < 4.78 is 25.6. The average Bonchev–Trinajstić information content (AvgIpc) is 2.85. The van der Waals surface area contributed by atoms with E-state index in [1.807, 2.05) is 12.1 Å². The van der Waals surface area contributed by atoms with Gasteiger partial charge in [-0.3, -0.25) is 19.5 Å². The smallest absolute Gasteiger partial charge is 0.252 e. The van der Waals surface area contributed by atoms with Crippen LogP contribution in [0.2, 0.25) is 0 Å². The Morgan fingerprint density at radius 2 is 2.04 bits per heavy atom. The van der Waals surface area contributed by atoms with Gasteiger partial charge in [0.2, 0.25) is 10.0 Å². The molecule has 8 nitrogen and oxygen atoms in total. The minimum atomic E-state index is -3.39. The van der Waals surface area contributed by atoms with E-state index in [0.29, 0.717) is 17.9 Å². The molecule has 2 unspecified atom stereocenters. The second-order valence-corrected chi connectivity index (χ2v) is 8.33. The highest BCUT2D eigenvalue weighted by Crippen LogP contribution is 2.24. The number of nitrogens with zero attached hydrogens (tertiary/aromatic N) is 3. The van der Waals surface area contributed by atoms with Crippen molar-refractivity contribution in [2.75, 3.05) is 18.0 Å². The molecular formula is C17H23N5O3S. The number of para-hydroxylation sites is 1. The van der Waals surface area contributed by atoms with Gasteiger partial charge in [0.25, 0.3) is 5.91 Å². The fourth-order valence-electron chi connectivity index (χ4n) is 3.28. The van der Waals surface area contributed by atoms with Crippen molar-refractivity contribution in [1.29, 1.82) is 0 Å². The van der Waals surface area contributed by atoms with Crippen molar-refractivity contribution in [3.05, 3.63) is 29.8 Å². The van der Waals surface area contributed by atoms with E-state index in [-0.39, 0.29) is 11.9 Å². The van der Waals surface area contributed by atoms with Gasteiger partial charge in [0.1, 0.15) is 11.9 Å². The Bertz CT molecular complexity index is 878. The third-order valence-corrected chi connectivity index (χ3v) is 4.93. The summed E-state index contributed by atoms with van der Waals surface area (Å²) in [7, 11) is -1.61. The SMILES string of the molecule is CCCC1=NN(C)C2C(=O)NC(Cc3ccccc3NS(C)(=O)=O)=NC12. The minimum Gasteiger partial charge on any atom is -0.312 e. The number of amidine groups is 1. The maximum atomic E-state index is 12.5. The number of nitrogens with one attached hydrogen (secondary N) is 2. The summed E-state index contributed by atoms with van der Waals surface area (Å²) in [5.41, 5.74) is 2.14. The number of carbonyl (C=O) groups excluding carboxylic acids is 1. The molecule has 0 aliphatic carbocycles. The van der Waals surface area contributed by atoms with E-state index in [9.17, 15) is 13.2 Å². The van der Waals surface area contributed by atoms with E-state index in [0.717, 1.165) is 30.4 Å². The number of benzene rings is 1. The number of sulfonamides is 1. The van der Waals surface area contributed by atoms with Crippen LogP contribution < -0.4 is 10.0 Å². The van der Waals surface area contributed by atoms with Crippen LogP contribution in [-0.4, -0.2) is 56.3 Å². The number of fused-ring (bicyclic) bond motifs is 1. The molecule has 3 rings (SSSR count). The largest absolute Gasteiger partial charge is 0.312 e. The lowest BCUT2D eigenvalue weighted by Crippen LogP contribution is -2.54. The summed E-state index contributed by atoms with van der Waals surface area (Å²) in [5, 5.41) is 8.98. The van der Waals surface area contributed by atoms with Crippen molar-refractivity contribution in [3.63, 3.8) is 0 Å². The van der Waals surface area contributed by atoms with Gasteiger partial charge in [-0.05, 0) is 18.1 Å². The predicted molar refractivity (Wildman–Crippen MR) is 102 cm³/mol. The molecule has 1 amide bonds. The molecule has 0 saturated heterocycles. The molecule has 0 saturated carbocycles. The van der Waals surface area contributed by atoms with Crippen LogP contribution in [0, 0.1) is 0 Å². The Balaban J connectivity index is 1.87. The van der Waals surface area contributed by atoms with Gasteiger partial charge in [-0.15, -0.1) is 0 Å². The molecule has 140 valence electrons. The lowest BCUT2D eigenvalue weighted by atomic mass is 9.98. The average molecular weight is 377 g/mol. The lowest BCUT2D eigenvalue weighted by Gasteiger charge is -2.28. The second kappa shape index (κ2) is 7.06. The maximum Gasteiger partial charge on any atom is 0.252 e. The molecule has 9 heteroatoms. The number of hydrogen-bond acceptors (Lipinski definition) is 6. The van der Waals surface area contributed by atoms with Gasteiger partial charge >= 0.3 is 0 Å². The van der Waals surface area contributed by atoms with Crippen molar-refractivity contribution in [2.24, 2.45) is 10.1 Å². The van der Waals surface area contributed by atoms with Crippen LogP contribution in [-0.2, 0) is 21.2 Å². The van der Waals surface area contributed by atoms with E-state index in [2.05, 4.69) is 22.1 Å². The Kier molecular flexibility index (Phi) is 4.99. The predicted octanol–water partition coefficient (Wildman–Crippen LogP) is 0.968. The molecule has 1 aromatic rings. The third kappa shape index (κ3) is 3.87. The van der Waals surface area contributed by atoms with Crippen LogP contribution in [0.4, 0.5) is 5.69 Å². The van der Waals surface area contributed by atoms with E-state index < -0.39 is 16.1 Å². The molecule has 2 heterocycles. The first-order chi connectivity index (χ1) is 12.3. The summed E-state index contributed by atoms with van der Waals surface area (Å²) in [5.74, 6) is 0.393. The molecule has 0 radical (unpaired) electrons. The first-order valence-electron chi connectivity index (χ1n) is 8.52. The summed E-state index contributed by atoms with van der Waals surface area (Å²) in [6.45, 7) is 2.07. The maximum absolute atomic E-state index is 12.5. The van der Waals surface area contributed by atoms with Crippen molar-refractivity contribution >= 4 is 33.2 Å². The molecule has 2 atom stereocenters. The number of anilines is 1. The van der Waals surface area contributed by atoms with Crippen molar-refractivity contribution in [1.82, 2.24) is 10.3 Å². The van der Waals surface area contributed by atoms with Gasteiger partial charge < -0.3 is 5.32 Å². The Morgan fingerprint density at radius 1 is 1.31 bits per heavy atom. The molecule has 0 aromatic heterocycles. The van der Waals surface area contributed by atoms with Gasteiger partial charge in [0, 0.05) is 13.5 Å². The molecule has 26 heavy (non-hydrogen) atoms.